The standard InChI is InChI=1S/C20H20N2O4S/c23-17(12-5-2-1-3-6-12)21-18-16(20(25)26)14-9-10-22(11-15(14)27-18)19(24)13-7-4-8-13/h1-3,5-6,13H,4,7-11H2,(H,21,23)(H,25,26). The minimum atomic E-state index is -1.05. The molecule has 1 saturated carbocycles. The molecule has 6 nitrogen and oxygen atoms in total. The zero-order valence-electron chi connectivity index (χ0n) is 14.7. The van der Waals surface area contributed by atoms with Crippen molar-refractivity contribution in [3.05, 3.63) is 51.9 Å². The van der Waals surface area contributed by atoms with Gasteiger partial charge >= 0.3 is 5.97 Å². The summed E-state index contributed by atoms with van der Waals surface area (Å²) in [5, 5.41) is 12.8. The molecule has 1 aromatic heterocycles. The maximum atomic E-state index is 12.5. The first-order valence-corrected chi connectivity index (χ1v) is 9.89. The highest BCUT2D eigenvalue weighted by Crippen LogP contribution is 2.38. The van der Waals surface area contributed by atoms with Crippen molar-refractivity contribution in [3.63, 3.8) is 0 Å². The molecule has 0 unspecified atom stereocenters. The van der Waals surface area contributed by atoms with Gasteiger partial charge in [-0.15, -0.1) is 11.3 Å². The van der Waals surface area contributed by atoms with E-state index in [1.165, 1.54) is 11.3 Å². The van der Waals surface area contributed by atoms with Gasteiger partial charge in [0.05, 0.1) is 12.1 Å². The van der Waals surface area contributed by atoms with Crippen LogP contribution in [0.25, 0.3) is 0 Å². The van der Waals surface area contributed by atoms with Crippen LogP contribution < -0.4 is 5.32 Å². The van der Waals surface area contributed by atoms with Crippen molar-refractivity contribution in [1.29, 1.82) is 0 Å². The summed E-state index contributed by atoms with van der Waals surface area (Å²) in [5.74, 6) is -1.08. The van der Waals surface area contributed by atoms with Crippen LogP contribution in [0.3, 0.4) is 0 Å². The zero-order chi connectivity index (χ0) is 19.0. The molecular formula is C20H20N2O4S. The van der Waals surface area contributed by atoms with Gasteiger partial charge in [0.2, 0.25) is 5.91 Å². The molecule has 1 fully saturated rings. The molecule has 140 valence electrons. The first-order chi connectivity index (χ1) is 13.0. The normalized spacial score (nSPS) is 16.4. The van der Waals surface area contributed by atoms with Crippen LogP contribution in [0.15, 0.2) is 30.3 Å². The average molecular weight is 384 g/mol. The van der Waals surface area contributed by atoms with Crippen molar-refractivity contribution in [2.24, 2.45) is 5.92 Å². The number of nitrogens with one attached hydrogen (secondary N) is 1. The van der Waals surface area contributed by atoms with Crippen LogP contribution in [0.1, 0.15) is 50.4 Å². The van der Waals surface area contributed by atoms with Crippen LogP contribution in [0.5, 0.6) is 0 Å². The first-order valence-electron chi connectivity index (χ1n) is 9.07. The fraction of sp³-hybridized carbons (Fsp3) is 0.350. The Morgan fingerprint density at radius 2 is 1.89 bits per heavy atom. The Hall–Kier alpha value is -2.67. The molecule has 2 amide bonds. The predicted molar refractivity (Wildman–Crippen MR) is 102 cm³/mol. The number of carbonyl (C=O) groups excluding carboxylic acids is 2. The summed E-state index contributed by atoms with van der Waals surface area (Å²) in [6, 6.07) is 8.70. The Balaban J connectivity index is 1.58. The SMILES string of the molecule is O=C(Nc1sc2c(c1C(=O)O)CCN(C(=O)C1CCC1)C2)c1ccccc1. The Kier molecular flexibility index (Phi) is 4.70. The molecule has 2 heterocycles. The topological polar surface area (TPSA) is 86.7 Å². The number of hydrogen-bond acceptors (Lipinski definition) is 4. The summed E-state index contributed by atoms with van der Waals surface area (Å²) in [6.45, 7) is 0.961. The summed E-state index contributed by atoms with van der Waals surface area (Å²) in [7, 11) is 0. The number of amides is 2. The number of anilines is 1. The second kappa shape index (κ2) is 7.15. The highest BCUT2D eigenvalue weighted by atomic mass is 32.1. The smallest absolute Gasteiger partial charge is 0.339 e. The van der Waals surface area contributed by atoms with E-state index in [-0.39, 0.29) is 23.3 Å². The van der Waals surface area contributed by atoms with Crippen LogP contribution in [0.4, 0.5) is 5.00 Å². The third-order valence-corrected chi connectivity index (χ3v) is 6.43. The van der Waals surface area contributed by atoms with Crippen molar-refractivity contribution >= 4 is 34.1 Å². The van der Waals surface area contributed by atoms with Crippen molar-refractivity contribution in [1.82, 2.24) is 4.90 Å². The van der Waals surface area contributed by atoms with Gasteiger partial charge in [-0.2, -0.15) is 0 Å². The highest BCUT2D eigenvalue weighted by molar-refractivity contribution is 7.17. The number of benzene rings is 1. The number of thiophene rings is 1. The maximum Gasteiger partial charge on any atom is 0.339 e. The Morgan fingerprint density at radius 3 is 2.52 bits per heavy atom. The first kappa shape index (κ1) is 17.7. The van der Waals surface area contributed by atoms with Gasteiger partial charge < -0.3 is 15.3 Å². The second-order valence-corrected chi connectivity index (χ2v) is 8.08. The van der Waals surface area contributed by atoms with E-state index in [0.717, 1.165) is 29.7 Å². The van der Waals surface area contributed by atoms with Crippen LogP contribution >= 0.6 is 11.3 Å². The Labute approximate surface area is 160 Å². The number of carbonyl (C=O) groups is 3. The molecule has 0 bridgehead atoms. The van der Waals surface area contributed by atoms with Crippen LogP contribution in [0.2, 0.25) is 0 Å². The van der Waals surface area contributed by atoms with E-state index in [9.17, 15) is 19.5 Å². The van der Waals surface area contributed by atoms with Crippen molar-refractivity contribution < 1.29 is 19.5 Å². The molecule has 0 radical (unpaired) electrons. The minimum absolute atomic E-state index is 0.128. The second-order valence-electron chi connectivity index (χ2n) is 6.97. The minimum Gasteiger partial charge on any atom is -0.478 e. The predicted octanol–water partition coefficient (Wildman–Crippen LogP) is 3.38. The van der Waals surface area contributed by atoms with E-state index >= 15 is 0 Å². The maximum absolute atomic E-state index is 12.5. The van der Waals surface area contributed by atoms with E-state index in [2.05, 4.69) is 5.32 Å². The van der Waals surface area contributed by atoms with E-state index in [1.54, 1.807) is 24.3 Å². The lowest BCUT2D eigenvalue weighted by Gasteiger charge is -2.33. The Morgan fingerprint density at radius 1 is 1.15 bits per heavy atom. The van der Waals surface area contributed by atoms with Gasteiger partial charge in [-0.1, -0.05) is 24.6 Å². The monoisotopic (exact) mass is 384 g/mol. The summed E-state index contributed by atoms with van der Waals surface area (Å²) in [4.78, 5) is 39.5. The van der Waals surface area contributed by atoms with Gasteiger partial charge in [-0.05, 0) is 37.0 Å². The molecule has 0 atom stereocenters. The molecule has 1 aliphatic carbocycles. The van der Waals surface area contributed by atoms with Gasteiger partial charge in [0.15, 0.2) is 0 Å². The van der Waals surface area contributed by atoms with E-state index < -0.39 is 5.97 Å². The number of hydrogen-bond donors (Lipinski definition) is 2. The van der Waals surface area contributed by atoms with Crippen LogP contribution in [-0.4, -0.2) is 34.3 Å². The fourth-order valence-corrected chi connectivity index (χ4v) is 4.83. The zero-order valence-corrected chi connectivity index (χ0v) is 15.6. The van der Waals surface area contributed by atoms with Crippen LogP contribution in [0, 0.1) is 5.92 Å². The molecule has 0 spiro atoms. The van der Waals surface area contributed by atoms with Gasteiger partial charge in [0.25, 0.3) is 5.91 Å². The molecule has 4 rings (SSSR count). The molecule has 0 saturated heterocycles. The van der Waals surface area contributed by atoms with Crippen molar-refractivity contribution in [2.75, 3.05) is 11.9 Å². The van der Waals surface area contributed by atoms with Crippen molar-refractivity contribution in [2.45, 2.75) is 32.2 Å². The molecule has 1 aliphatic heterocycles. The summed E-state index contributed by atoms with van der Waals surface area (Å²) < 4.78 is 0. The molecule has 7 heteroatoms. The van der Waals surface area contributed by atoms with E-state index in [0.29, 0.717) is 30.1 Å². The highest BCUT2D eigenvalue weighted by Gasteiger charge is 2.34. The number of fused-ring (bicyclic) bond motifs is 1. The lowest BCUT2D eigenvalue weighted by atomic mass is 9.84. The molecular weight excluding hydrogens is 364 g/mol. The summed E-state index contributed by atoms with van der Waals surface area (Å²) in [6.07, 6.45) is 3.51. The summed E-state index contributed by atoms with van der Waals surface area (Å²) >= 11 is 1.27. The lowest BCUT2D eigenvalue weighted by molar-refractivity contribution is -0.139. The average Bonchev–Trinajstić information content (AvgIpc) is 2.98. The fourth-order valence-electron chi connectivity index (χ4n) is 3.58. The molecule has 2 aromatic rings. The molecule has 2 aliphatic rings. The summed E-state index contributed by atoms with van der Waals surface area (Å²) in [5.41, 5.74) is 1.38. The number of aromatic carboxylic acids is 1. The number of carboxylic acids is 1. The third kappa shape index (κ3) is 3.35. The van der Waals surface area contributed by atoms with Crippen LogP contribution in [-0.2, 0) is 17.8 Å². The van der Waals surface area contributed by atoms with Gasteiger partial charge in [-0.3, -0.25) is 9.59 Å². The van der Waals surface area contributed by atoms with E-state index in [1.807, 2.05) is 11.0 Å². The number of carboxylic acid groups (broad SMARTS) is 1. The Bertz CT molecular complexity index is 902. The lowest BCUT2D eigenvalue weighted by Crippen LogP contribution is -2.41. The molecule has 1 aromatic carbocycles. The molecule has 2 N–H and O–H groups in total. The largest absolute Gasteiger partial charge is 0.478 e. The van der Waals surface area contributed by atoms with Gasteiger partial charge in [0.1, 0.15) is 5.00 Å². The van der Waals surface area contributed by atoms with Gasteiger partial charge in [0, 0.05) is 22.9 Å². The van der Waals surface area contributed by atoms with Gasteiger partial charge in [-0.25, -0.2) is 4.79 Å². The molecule has 27 heavy (non-hydrogen) atoms. The quantitative estimate of drug-likeness (QED) is 0.846. The number of nitrogens with zero attached hydrogens (tertiary/aromatic N) is 1. The third-order valence-electron chi connectivity index (χ3n) is 5.30. The van der Waals surface area contributed by atoms with Crippen molar-refractivity contribution in [3.8, 4) is 0 Å². The van der Waals surface area contributed by atoms with E-state index in [4.69, 9.17) is 0 Å². The number of rotatable bonds is 4.